The minimum atomic E-state index is -0.901. The second kappa shape index (κ2) is 11.2. The molecule has 0 bridgehead atoms. The lowest BCUT2D eigenvalue weighted by atomic mass is 9.98. The van der Waals surface area contributed by atoms with Gasteiger partial charge in [0.05, 0.1) is 28.3 Å². The first kappa shape index (κ1) is 30.2. The summed E-state index contributed by atoms with van der Waals surface area (Å²) in [4.78, 5) is 45.8. The molecule has 6 rings (SSSR count). The number of aromatic nitrogens is 4. The number of rotatable bonds is 5. The maximum absolute atomic E-state index is 16.1. The lowest BCUT2D eigenvalue weighted by Gasteiger charge is -2.48. The number of phenols is 1. The number of carbonyl (C=O) groups excluding carboxylic acids is 1. The van der Waals surface area contributed by atoms with E-state index in [1.165, 1.54) is 29.1 Å². The fourth-order valence-corrected chi connectivity index (χ4v) is 6.36. The zero-order chi connectivity index (χ0) is 32.3. The smallest absolute Gasteiger partial charge is 0.282 e. The highest BCUT2D eigenvalue weighted by Gasteiger charge is 2.42. The zero-order valence-electron chi connectivity index (χ0n) is 26.0. The second-order valence-corrected chi connectivity index (χ2v) is 12.2. The number of carbonyl (C=O) groups is 1. The van der Waals surface area contributed by atoms with Gasteiger partial charge in [0, 0.05) is 24.5 Å². The molecule has 3 aromatic heterocycles. The van der Waals surface area contributed by atoms with Gasteiger partial charge >= 0.3 is 0 Å². The van der Waals surface area contributed by atoms with Gasteiger partial charge in [-0.3, -0.25) is 14.2 Å². The van der Waals surface area contributed by atoms with Crippen molar-refractivity contribution in [2.75, 3.05) is 23.3 Å². The highest BCUT2D eigenvalue weighted by atomic mass is 19.1. The van der Waals surface area contributed by atoms with Crippen molar-refractivity contribution < 1.29 is 18.7 Å². The van der Waals surface area contributed by atoms with Crippen molar-refractivity contribution in [3.05, 3.63) is 76.2 Å². The van der Waals surface area contributed by atoms with E-state index in [4.69, 9.17) is 0 Å². The van der Waals surface area contributed by atoms with Crippen LogP contribution in [0.25, 0.3) is 28.0 Å². The molecular weight excluding hydrogens is 580 g/mol. The topological polar surface area (TPSA) is 116 Å². The molecule has 0 radical (unpaired) electrons. The summed E-state index contributed by atoms with van der Waals surface area (Å²) >= 11 is 0. The number of anilines is 2. The molecule has 12 heteroatoms. The van der Waals surface area contributed by atoms with Gasteiger partial charge in [0.15, 0.2) is 11.5 Å². The van der Waals surface area contributed by atoms with Crippen molar-refractivity contribution in [2.45, 2.75) is 65.5 Å². The maximum atomic E-state index is 16.1. The Morgan fingerprint density at radius 3 is 2.33 bits per heavy atom. The van der Waals surface area contributed by atoms with Gasteiger partial charge in [-0.1, -0.05) is 39.8 Å². The molecule has 0 saturated carbocycles. The zero-order valence-corrected chi connectivity index (χ0v) is 26.0. The van der Waals surface area contributed by atoms with Gasteiger partial charge in [-0.2, -0.15) is 0 Å². The third-order valence-electron chi connectivity index (χ3n) is 8.47. The van der Waals surface area contributed by atoms with Crippen LogP contribution in [0.15, 0.2) is 47.7 Å². The van der Waals surface area contributed by atoms with Gasteiger partial charge in [-0.05, 0) is 50.1 Å². The summed E-state index contributed by atoms with van der Waals surface area (Å²) in [5.41, 5.74) is 0.335. The number of hydrogen-bond donors (Lipinski definition) is 2. The monoisotopic (exact) mass is 615 g/mol. The second-order valence-electron chi connectivity index (χ2n) is 12.2. The molecule has 1 saturated heterocycles. The van der Waals surface area contributed by atoms with Crippen LogP contribution >= 0.6 is 0 Å². The normalized spacial score (nSPS) is 18.2. The Balaban J connectivity index is 1.76. The summed E-state index contributed by atoms with van der Waals surface area (Å²) < 4.78 is 32.6. The van der Waals surface area contributed by atoms with Gasteiger partial charge in [-0.15, -0.1) is 0 Å². The number of fused-ring (bicyclic) bond motifs is 5. The summed E-state index contributed by atoms with van der Waals surface area (Å²) in [6.07, 6.45) is 5.26. The van der Waals surface area contributed by atoms with Crippen LogP contribution in [0.3, 0.4) is 0 Å². The standard InChI is InChI=1S/C33H35F2N7O3/c1-7-11-40-14-22-32(44)39-28-29(41(22)13-18(40)6)19-12-21(35)27(24-20(34)9-8-10-23(24)43)38-31(19)42(33(28)45)30-25(16(2)3)36-15-37-26(30)17(4)5/h7-12,15-18,22,43H,13-14H2,1-6H3,(H,39,44)/t18-,22-/m1/s1. The van der Waals surface area contributed by atoms with Gasteiger partial charge in [0.1, 0.15) is 35.3 Å². The fourth-order valence-electron chi connectivity index (χ4n) is 6.36. The Labute approximate surface area is 259 Å². The van der Waals surface area contributed by atoms with E-state index in [-0.39, 0.29) is 40.5 Å². The summed E-state index contributed by atoms with van der Waals surface area (Å²) in [7, 11) is 0. The number of phenolic OH excluding ortho intramolecular Hbond substituents is 1. The molecule has 4 aromatic rings. The molecule has 2 aliphatic heterocycles. The van der Waals surface area contributed by atoms with Crippen molar-refractivity contribution in [1.82, 2.24) is 24.4 Å². The highest BCUT2D eigenvalue weighted by molar-refractivity contribution is 6.10. The van der Waals surface area contributed by atoms with Crippen molar-refractivity contribution >= 4 is 28.3 Å². The van der Waals surface area contributed by atoms with Crippen LogP contribution in [-0.2, 0) is 4.79 Å². The van der Waals surface area contributed by atoms with E-state index in [0.717, 1.165) is 6.07 Å². The van der Waals surface area contributed by atoms with Crippen LogP contribution < -0.4 is 15.8 Å². The van der Waals surface area contributed by atoms with Crippen LogP contribution in [0.4, 0.5) is 20.2 Å². The molecule has 234 valence electrons. The number of aromatic hydroxyl groups is 1. The molecular formula is C33H35F2N7O3. The Kier molecular flexibility index (Phi) is 7.54. The molecule has 2 aliphatic rings. The predicted octanol–water partition coefficient (Wildman–Crippen LogP) is 5.44. The maximum Gasteiger partial charge on any atom is 0.282 e. The Morgan fingerprint density at radius 2 is 1.71 bits per heavy atom. The number of halogens is 2. The molecule has 1 amide bonds. The minimum absolute atomic E-state index is 0.00797. The predicted molar refractivity (Wildman–Crippen MR) is 169 cm³/mol. The first-order chi connectivity index (χ1) is 21.4. The molecule has 2 N–H and O–H groups in total. The van der Waals surface area contributed by atoms with Crippen molar-refractivity contribution in [1.29, 1.82) is 0 Å². The average Bonchev–Trinajstić information content (AvgIpc) is 2.98. The van der Waals surface area contributed by atoms with Gasteiger partial charge < -0.3 is 20.2 Å². The molecule has 45 heavy (non-hydrogen) atoms. The highest BCUT2D eigenvalue weighted by Crippen LogP contribution is 2.42. The summed E-state index contributed by atoms with van der Waals surface area (Å²) in [6, 6.07) is 4.15. The molecule has 1 aromatic carbocycles. The van der Waals surface area contributed by atoms with E-state index in [9.17, 15) is 14.7 Å². The van der Waals surface area contributed by atoms with Crippen LogP contribution in [0.1, 0.15) is 64.8 Å². The number of piperazine rings is 1. The molecule has 10 nitrogen and oxygen atoms in total. The number of amides is 1. The first-order valence-corrected chi connectivity index (χ1v) is 15.0. The largest absolute Gasteiger partial charge is 0.507 e. The molecule has 0 spiro atoms. The van der Waals surface area contributed by atoms with E-state index >= 15 is 8.78 Å². The Bertz CT molecular complexity index is 1890. The lowest BCUT2D eigenvalue weighted by molar-refractivity contribution is -0.118. The Morgan fingerprint density at radius 1 is 1.02 bits per heavy atom. The quantitative estimate of drug-likeness (QED) is 0.305. The summed E-state index contributed by atoms with van der Waals surface area (Å²) in [5.74, 6) is -2.94. The van der Waals surface area contributed by atoms with Gasteiger partial charge in [0.25, 0.3) is 5.56 Å². The number of pyridine rings is 2. The van der Waals surface area contributed by atoms with E-state index in [2.05, 4.69) is 25.2 Å². The van der Waals surface area contributed by atoms with E-state index in [1.54, 1.807) is 0 Å². The summed E-state index contributed by atoms with van der Waals surface area (Å²) in [6.45, 7) is 12.3. The van der Waals surface area contributed by atoms with E-state index in [0.29, 0.717) is 35.9 Å². The van der Waals surface area contributed by atoms with E-state index < -0.39 is 40.2 Å². The summed E-state index contributed by atoms with van der Waals surface area (Å²) in [5, 5.41) is 13.7. The van der Waals surface area contributed by atoms with Crippen molar-refractivity contribution in [3.63, 3.8) is 0 Å². The van der Waals surface area contributed by atoms with Crippen LogP contribution in [0, 0.1) is 11.6 Å². The SMILES string of the molecule is CC=CN1C[C@@H]2C(=O)Nc3c(c4cc(F)c(-c5c(O)cccc5F)nc4n(-c4c(C(C)C)ncnc4C(C)C)c3=O)N2C[C@H]1C. The third-order valence-corrected chi connectivity index (χ3v) is 8.47. The third kappa shape index (κ3) is 4.79. The number of hydrogen-bond acceptors (Lipinski definition) is 8. The molecule has 5 heterocycles. The van der Waals surface area contributed by atoms with Crippen LogP contribution in [0.5, 0.6) is 5.75 Å². The fraction of sp³-hybridized carbons (Fsp3) is 0.364. The lowest BCUT2D eigenvalue weighted by Crippen LogP contribution is -2.62. The Hall–Kier alpha value is -4.87. The van der Waals surface area contributed by atoms with Crippen molar-refractivity contribution in [2.24, 2.45) is 0 Å². The number of allylic oxidation sites excluding steroid dienone is 1. The molecule has 0 unspecified atom stereocenters. The van der Waals surface area contributed by atoms with Gasteiger partial charge in [0.2, 0.25) is 5.91 Å². The number of nitrogens with one attached hydrogen (secondary N) is 1. The van der Waals surface area contributed by atoms with E-state index in [1.807, 2.05) is 58.7 Å². The number of nitrogens with zero attached hydrogens (tertiary/aromatic N) is 6. The van der Waals surface area contributed by atoms with Crippen LogP contribution in [-0.4, -0.2) is 60.6 Å². The molecule has 2 atom stereocenters. The van der Waals surface area contributed by atoms with Crippen molar-refractivity contribution in [3.8, 4) is 22.7 Å². The first-order valence-electron chi connectivity index (χ1n) is 15.0. The molecule has 0 aliphatic carbocycles. The number of benzene rings is 1. The van der Waals surface area contributed by atoms with Crippen LogP contribution in [0.2, 0.25) is 0 Å². The minimum Gasteiger partial charge on any atom is -0.507 e. The molecule has 1 fully saturated rings. The average molecular weight is 616 g/mol. The van der Waals surface area contributed by atoms with Gasteiger partial charge in [-0.25, -0.2) is 23.7 Å².